The van der Waals surface area contributed by atoms with Crippen molar-refractivity contribution in [2.75, 3.05) is 0 Å². The fraction of sp³-hybridized carbons (Fsp3) is 0. The Morgan fingerprint density at radius 2 is 0.875 bits per heavy atom. The summed E-state index contributed by atoms with van der Waals surface area (Å²) in [5, 5.41) is 7.43. The SMILES string of the molecule is c1ccc(-c2cc(-n3c4ccccc4c4cc5ccc6c7ccccc7n(-c7ccccc7)c6c5cc43)cc(-c3ccccc3)n2)cc1. The Morgan fingerprint density at radius 3 is 1.52 bits per heavy atom. The van der Waals surface area contributed by atoms with Crippen LogP contribution in [0.25, 0.3) is 88.3 Å². The van der Waals surface area contributed by atoms with Crippen molar-refractivity contribution in [1.82, 2.24) is 14.1 Å². The zero-order valence-corrected chi connectivity index (χ0v) is 26.1. The second-order valence-corrected chi connectivity index (χ2v) is 12.4. The minimum Gasteiger partial charge on any atom is -0.309 e. The van der Waals surface area contributed by atoms with Crippen LogP contribution in [0.4, 0.5) is 0 Å². The molecular formula is C45H29N3. The molecule has 48 heavy (non-hydrogen) atoms. The fourth-order valence-electron chi connectivity index (χ4n) is 7.53. The summed E-state index contributed by atoms with van der Waals surface area (Å²) in [6.07, 6.45) is 0. The third-order valence-electron chi connectivity index (χ3n) is 9.66. The van der Waals surface area contributed by atoms with Crippen LogP contribution in [0, 0.1) is 0 Å². The number of pyridine rings is 1. The molecule has 0 radical (unpaired) electrons. The number of rotatable bonds is 4. The molecule has 0 spiro atoms. The van der Waals surface area contributed by atoms with Gasteiger partial charge in [-0.25, -0.2) is 4.98 Å². The first-order valence-corrected chi connectivity index (χ1v) is 16.4. The van der Waals surface area contributed by atoms with Gasteiger partial charge in [-0.3, -0.25) is 0 Å². The van der Waals surface area contributed by atoms with Crippen molar-refractivity contribution in [2.24, 2.45) is 0 Å². The van der Waals surface area contributed by atoms with Crippen LogP contribution in [0.1, 0.15) is 0 Å². The van der Waals surface area contributed by atoms with Crippen molar-refractivity contribution in [3.8, 4) is 33.9 Å². The van der Waals surface area contributed by atoms with E-state index in [1.165, 1.54) is 54.4 Å². The lowest BCUT2D eigenvalue weighted by Gasteiger charge is -2.14. The average Bonchev–Trinajstić information content (AvgIpc) is 3.67. The summed E-state index contributed by atoms with van der Waals surface area (Å²) in [4.78, 5) is 5.19. The molecule has 0 atom stereocenters. The number of benzene rings is 7. The zero-order valence-electron chi connectivity index (χ0n) is 26.1. The molecular weight excluding hydrogens is 583 g/mol. The molecule has 0 fully saturated rings. The van der Waals surface area contributed by atoms with Gasteiger partial charge in [0.2, 0.25) is 0 Å². The van der Waals surface area contributed by atoms with Gasteiger partial charge in [0.05, 0.1) is 39.1 Å². The third kappa shape index (κ3) is 4.04. The number of para-hydroxylation sites is 3. The highest BCUT2D eigenvalue weighted by molar-refractivity contribution is 6.22. The van der Waals surface area contributed by atoms with Gasteiger partial charge in [0.25, 0.3) is 0 Å². The van der Waals surface area contributed by atoms with Crippen LogP contribution >= 0.6 is 0 Å². The maximum absolute atomic E-state index is 5.19. The molecule has 0 amide bonds. The van der Waals surface area contributed by atoms with Gasteiger partial charge in [-0.2, -0.15) is 0 Å². The third-order valence-corrected chi connectivity index (χ3v) is 9.66. The van der Waals surface area contributed by atoms with Crippen molar-refractivity contribution in [1.29, 1.82) is 0 Å². The Hall–Kier alpha value is -6.45. The normalized spacial score (nSPS) is 11.8. The van der Waals surface area contributed by atoms with Crippen LogP contribution in [0.3, 0.4) is 0 Å². The van der Waals surface area contributed by atoms with E-state index >= 15 is 0 Å². The zero-order chi connectivity index (χ0) is 31.6. The highest BCUT2D eigenvalue weighted by Gasteiger charge is 2.19. The molecule has 10 rings (SSSR count). The van der Waals surface area contributed by atoms with Crippen molar-refractivity contribution in [3.63, 3.8) is 0 Å². The van der Waals surface area contributed by atoms with Crippen molar-refractivity contribution in [3.05, 3.63) is 176 Å². The highest BCUT2D eigenvalue weighted by atomic mass is 15.0. The molecule has 7 aromatic carbocycles. The van der Waals surface area contributed by atoms with Crippen molar-refractivity contribution >= 4 is 54.4 Å². The van der Waals surface area contributed by atoms with Crippen LogP contribution in [-0.4, -0.2) is 14.1 Å². The first-order chi connectivity index (χ1) is 23.8. The lowest BCUT2D eigenvalue weighted by molar-refractivity contribution is 1.16. The van der Waals surface area contributed by atoms with Crippen LogP contribution in [-0.2, 0) is 0 Å². The minimum absolute atomic E-state index is 0.949. The van der Waals surface area contributed by atoms with Gasteiger partial charge in [-0.1, -0.05) is 127 Å². The molecule has 224 valence electrons. The largest absolute Gasteiger partial charge is 0.309 e. The molecule has 3 aromatic heterocycles. The van der Waals surface area contributed by atoms with E-state index in [1.54, 1.807) is 0 Å². The number of hydrogen-bond donors (Lipinski definition) is 0. The Labute approximate surface area is 277 Å². The van der Waals surface area contributed by atoms with Crippen LogP contribution in [0.2, 0.25) is 0 Å². The molecule has 0 aliphatic heterocycles. The Morgan fingerprint density at radius 1 is 0.333 bits per heavy atom. The minimum atomic E-state index is 0.949. The summed E-state index contributed by atoms with van der Waals surface area (Å²) in [7, 11) is 0. The Bertz CT molecular complexity index is 2750. The Balaban J connectivity index is 1.34. The number of hydrogen-bond acceptors (Lipinski definition) is 1. The molecule has 0 unspecified atom stereocenters. The first kappa shape index (κ1) is 26.7. The topological polar surface area (TPSA) is 22.8 Å². The van der Waals surface area contributed by atoms with Gasteiger partial charge >= 0.3 is 0 Å². The standard InChI is InChI=1S/C45H29N3/c1-4-14-30(15-5-1)40-27-34(28-41(46-40)31-16-6-2-7-17-31)47-42-22-12-11-21-36(42)39-26-32-24-25-37-35-20-10-13-23-43(35)48(33-18-8-3-9-19-33)45(37)38(32)29-44(39)47/h1-29H. The maximum Gasteiger partial charge on any atom is 0.0730 e. The number of fused-ring (bicyclic) bond motifs is 8. The molecule has 3 heterocycles. The monoisotopic (exact) mass is 611 g/mol. The van der Waals surface area contributed by atoms with Gasteiger partial charge in [0.1, 0.15) is 0 Å². The second-order valence-electron chi connectivity index (χ2n) is 12.4. The summed E-state index contributed by atoms with van der Waals surface area (Å²) in [5.41, 5.74) is 11.1. The van der Waals surface area contributed by atoms with Crippen molar-refractivity contribution in [2.45, 2.75) is 0 Å². The molecule has 0 N–H and O–H groups in total. The fourth-order valence-corrected chi connectivity index (χ4v) is 7.53. The molecule has 3 heteroatoms. The van der Waals surface area contributed by atoms with E-state index in [4.69, 9.17) is 4.98 Å². The van der Waals surface area contributed by atoms with E-state index in [2.05, 4.69) is 185 Å². The summed E-state index contributed by atoms with van der Waals surface area (Å²) < 4.78 is 4.86. The van der Waals surface area contributed by atoms with Gasteiger partial charge in [0.15, 0.2) is 0 Å². The van der Waals surface area contributed by atoms with E-state index in [1.807, 2.05) is 0 Å². The van der Waals surface area contributed by atoms with Gasteiger partial charge < -0.3 is 9.13 Å². The molecule has 0 saturated heterocycles. The smallest absolute Gasteiger partial charge is 0.0730 e. The van der Waals surface area contributed by atoms with Crippen molar-refractivity contribution < 1.29 is 0 Å². The molecule has 0 aliphatic rings. The summed E-state index contributed by atoms with van der Waals surface area (Å²) in [6.45, 7) is 0. The second kappa shape index (κ2) is 10.5. The molecule has 10 aromatic rings. The van der Waals surface area contributed by atoms with E-state index in [0.29, 0.717) is 0 Å². The number of nitrogens with zero attached hydrogens (tertiary/aromatic N) is 3. The van der Waals surface area contributed by atoms with E-state index in [0.717, 1.165) is 33.9 Å². The van der Waals surface area contributed by atoms with Crippen LogP contribution < -0.4 is 0 Å². The van der Waals surface area contributed by atoms with Gasteiger partial charge in [-0.15, -0.1) is 0 Å². The highest BCUT2D eigenvalue weighted by Crippen LogP contribution is 2.41. The Kier molecular flexibility index (Phi) is 5.87. The summed E-state index contributed by atoms with van der Waals surface area (Å²) in [6, 6.07) is 63.1. The molecule has 0 bridgehead atoms. The van der Waals surface area contributed by atoms with Crippen LogP contribution in [0.5, 0.6) is 0 Å². The predicted molar refractivity (Wildman–Crippen MR) is 201 cm³/mol. The lowest BCUT2D eigenvalue weighted by atomic mass is 10.0. The van der Waals surface area contributed by atoms with E-state index in [9.17, 15) is 0 Å². The summed E-state index contributed by atoms with van der Waals surface area (Å²) >= 11 is 0. The average molecular weight is 612 g/mol. The van der Waals surface area contributed by atoms with E-state index in [-0.39, 0.29) is 0 Å². The van der Waals surface area contributed by atoms with Crippen LogP contribution in [0.15, 0.2) is 176 Å². The molecule has 0 aliphatic carbocycles. The number of aromatic nitrogens is 3. The molecule has 0 saturated carbocycles. The maximum atomic E-state index is 5.19. The first-order valence-electron chi connectivity index (χ1n) is 16.4. The lowest BCUT2D eigenvalue weighted by Crippen LogP contribution is -1.98. The quantitative estimate of drug-likeness (QED) is 0.194. The molecule has 3 nitrogen and oxygen atoms in total. The summed E-state index contributed by atoms with van der Waals surface area (Å²) in [5.74, 6) is 0. The van der Waals surface area contributed by atoms with E-state index < -0.39 is 0 Å². The van der Waals surface area contributed by atoms with Gasteiger partial charge in [-0.05, 0) is 53.9 Å². The predicted octanol–water partition coefficient (Wildman–Crippen LogP) is 11.8. The van der Waals surface area contributed by atoms with Gasteiger partial charge in [0, 0.05) is 43.7 Å².